The molecule has 3 aromatic rings. The quantitative estimate of drug-likeness (QED) is 0.673. The molecule has 0 saturated heterocycles. The van der Waals surface area contributed by atoms with Gasteiger partial charge in [-0.2, -0.15) is 5.10 Å². The van der Waals surface area contributed by atoms with Gasteiger partial charge in [0.05, 0.1) is 17.4 Å². The van der Waals surface area contributed by atoms with Crippen LogP contribution in [-0.4, -0.2) is 14.8 Å². The Morgan fingerprint density at radius 2 is 2.11 bits per heavy atom. The Kier molecular flexibility index (Phi) is 2.37. The summed E-state index contributed by atoms with van der Waals surface area (Å²) in [6.45, 7) is 0. The smallest absolute Gasteiger partial charge is 0.131 e. The molecule has 0 fully saturated rings. The second-order valence-electron chi connectivity index (χ2n) is 4.18. The Labute approximate surface area is 104 Å². The lowest BCUT2D eigenvalue weighted by Gasteiger charge is -2.04. The number of anilines is 3. The zero-order chi connectivity index (χ0) is 12.5. The maximum absolute atomic E-state index is 5.73. The molecule has 0 aliphatic carbocycles. The summed E-state index contributed by atoms with van der Waals surface area (Å²) in [5.41, 5.74) is 8.31. The van der Waals surface area contributed by atoms with E-state index in [1.54, 1.807) is 10.9 Å². The van der Waals surface area contributed by atoms with E-state index in [4.69, 9.17) is 5.73 Å². The summed E-state index contributed by atoms with van der Waals surface area (Å²) < 4.78 is 1.74. The van der Waals surface area contributed by atoms with Crippen molar-refractivity contribution in [2.24, 2.45) is 7.05 Å². The van der Waals surface area contributed by atoms with Crippen molar-refractivity contribution in [1.82, 2.24) is 14.8 Å². The first kappa shape index (κ1) is 10.6. The summed E-state index contributed by atoms with van der Waals surface area (Å²) >= 11 is 0. The molecule has 0 aliphatic heterocycles. The number of aryl methyl sites for hydroxylation is 1. The largest absolute Gasteiger partial charge is 0.399 e. The molecule has 0 atom stereocenters. The third-order valence-electron chi connectivity index (χ3n) is 2.69. The SMILES string of the molecule is Cn1cc(Nc2ccc3cc(N)ccc3n2)cn1. The molecule has 2 heterocycles. The highest BCUT2D eigenvalue weighted by atomic mass is 15.3. The number of fused-ring (bicyclic) bond motifs is 1. The van der Waals surface area contributed by atoms with Gasteiger partial charge in [-0.1, -0.05) is 0 Å². The molecule has 0 amide bonds. The van der Waals surface area contributed by atoms with Crippen molar-refractivity contribution in [3.8, 4) is 0 Å². The van der Waals surface area contributed by atoms with Crippen molar-refractivity contribution in [3.05, 3.63) is 42.7 Å². The second-order valence-corrected chi connectivity index (χ2v) is 4.18. The number of benzene rings is 1. The van der Waals surface area contributed by atoms with Crippen molar-refractivity contribution >= 4 is 28.1 Å². The number of nitrogens with one attached hydrogen (secondary N) is 1. The summed E-state index contributed by atoms with van der Waals surface area (Å²) in [6, 6.07) is 9.60. The van der Waals surface area contributed by atoms with Crippen LogP contribution >= 0.6 is 0 Å². The van der Waals surface area contributed by atoms with Crippen molar-refractivity contribution in [2.45, 2.75) is 0 Å². The molecule has 0 bridgehead atoms. The van der Waals surface area contributed by atoms with Crippen LogP contribution in [0.3, 0.4) is 0 Å². The Balaban J connectivity index is 1.96. The molecule has 0 radical (unpaired) electrons. The Bertz CT molecular complexity index is 701. The number of aromatic nitrogens is 3. The number of pyridine rings is 1. The normalized spacial score (nSPS) is 10.7. The Morgan fingerprint density at radius 1 is 1.22 bits per heavy atom. The molecule has 0 aliphatic rings. The lowest BCUT2D eigenvalue weighted by molar-refractivity contribution is 0.768. The van der Waals surface area contributed by atoms with Gasteiger partial charge in [-0.15, -0.1) is 0 Å². The lowest BCUT2D eigenvalue weighted by atomic mass is 10.2. The minimum Gasteiger partial charge on any atom is -0.399 e. The van der Waals surface area contributed by atoms with Crippen LogP contribution in [0.5, 0.6) is 0 Å². The van der Waals surface area contributed by atoms with E-state index < -0.39 is 0 Å². The van der Waals surface area contributed by atoms with E-state index >= 15 is 0 Å². The highest BCUT2D eigenvalue weighted by Crippen LogP contribution is 2.20. The maximum Gasteiger partial charge on any atom is 0.131 e. The van der Waals surface area contributed by atoms with Crippen LogP contribution in [0.1, 0.15) is 0 Å². The first-order valence-electron chi connectivity index (χ1n) is 5.63. The zero-order valence-electron chi connectivity index (χ0n) is 9.96. The molecule has 0 saturated carbocycles. The first-order chi connectivity index (χ1) is 8.70. The van der Waals surface area contributed by atoms with Crippen molar-refractivity contribution in [2.75, 3.05) is 11.1 Å². The predicted molar refractivity (Wildman–Crippen MR) is 72.6 cm³/mol. The third-order valence-corrected chi connectivity index (χ3v) is 2.69. The maximum atomic E-state index is 5.73. The zero-order valence-corrected chi connectivity index (χ0v) is 9.96. The minimum absolute atomic E-state index is 0.747. The van der Waals surface area contributed by atoms with E-state index in [0.29, 0.717) is 0 Å². The molecule has 3 N–H and O–H groups in total. The first-order valence-corrected chi connectivity index (χ1v) is 5.63. The molecule has 0 spiro atoms. The summed E-state index contributed by atoms with van der Waals surface area (Å²) in [6.07, 6.45) is 3.66. The number of nitrogens with zero attached hydrogens (tertiary/aromatic N) is 3. The van der Waals surface area contributed by atoms with Crippen LogP contribution in [0.4, 0.5) is 17.2 Å². The van der Waals surface area contributed by atoms with Gasteiger partial charge in [-0.3, -0.25) is 4.68 Å². The summed E-state index contributed by atoms with van der Waals surface area (Å²) in [7, 11) is 1.88. The molecule has 1 aromatic carbocycles. The molecule has 18 heavy (non-hydrogen) atoms. The average Bonchev–Trinajstić information content (AvgIpc) is 2.75. The van der Waals surface area contributed by atoms with E-state index in [1.807, 2.05) is 43.6 Å². The van der Waals surface area contributed by atoms with Crippen LogP contribution in [0, 0.1) is 0 Å². The Morgan fingerprint density at radius 3 is 2.89 bits per heavy atom. The molecule has 2 aromatic heterocycles. The van der Waals surface area contributed by atoms with Gasteiger partial charge in [0.25, 0.3) is 0 Å². The van der Waals surface area contributed by atoms with Crippen molar-refractivity contribution in [3.63, 3.8) is 0 Å². The predicted octanol–water partition coefficient (Wildman–Crippen LogP) is 2.29. The van der Waals surface area contributed by atoms with Crippen molar-refractivity contribution in [1.29, 1.82) is 0 Å². The highest BCUT2D eigenvalue weighted by molar-refractivity contribution is 5.83. The lowest BCUT2D eigenvalue weighted by Crippen LogP contribution is -1.93. The van der Waals surface area contributed by atoms with E-state index in [-0.39, 0.29) is 0 Å². The van der Waals surface area contributed by atoms with Gasteiger partial charge in [-0.05, 0) is 30.3 Å². The van der Waals surface area contributed by atoms with Crippen LogP contribution in [0.25, 0.3) is 10.9 Å². The Hall–Kier alpha value is -2.56. The van der Waals surface area contributed by atoms with Gasteiger partial charge in [0.2, 0.25) is 0 Å². The fourth-order valence-electron chi connectivity index (χ4n) is 1.85. The van der Waals surface area contributed by atoms with E-state index in [9.17, 15) is 0 Å². The molecule has 0 unspecified atom stereocenters. The minimum atomic E-state index is 0.747. The number of hydrogen-bond acceptors (Lipinski definition) is 4. The highest BCUT2D eigenvalue weighted by Gasteiger charge is 2.01. The van der Waals surface area contributed by atoms with Gasteiger partial charge in [-0.25, -0.2) is 4.98 Å². The molecule has 5 heteroatoms. The summed E-state index contributed by atoms with van der Waals surface area (Å²) in [5, 5.41) is 8.34. The number of nitrogen functional groups attached to an aromatic ring is 1. The fourth-order valence-corrected chi connectivity index (χ4v) is 1.85. The van der Waals surface area contributed by atoms with Crippen LogP contribution in [0.15, 0.2) is 42.7 Å². The average molecular weight is 239 g/mol. The van der Waals surface area contributed by atoms with Gasteiger partial charge in [0, 0.05) is 24.3 Å². The van der Waals surface area contributed by atoms with Gasteiger partial charge < -0.3 is 11.1 Å². The summed E-state index contributed by atoms with van der Waals surface area (Å²) in [4.78, 5) is 4.52. The van der Waals surface area contributed by atoms with Gasteiger partial charge in [0.1, 0.15) is 5.82 Å². The monoisotopic (exact) mass is 239 g/mol. The number of nitrogens with two attached hydrogens (primary N) is 1. The molecule has 5 nitrogen and oxygen atoms in total. The van der Waals surface area contributed by atoms with E-state index in [1.165, 1.54) is 0 Å². The van der Waals surface area contributed by atoms with E-state index in [2.05, 4.69) is 15.4 Å². The fraction of sp³-hybridized carbons (Fsp3) is 0.0769. The second kappa shape index (κ2) is 4.03. The van der Waals surface area contributed by atoms with Crippen LogP contribution in [-0.2, 0) is 7.05 Å². The topological polar surface area (TPSA) is 68.8 Å². The molecule has 90 valence electrons. The van der Waals surface area contributed by atoms with Crippen molar-refractivity contribution < 1.29 is 0 Å². The van der Waals surface area contributed by atoms with Gasteiger partial charge in [0.15, 0.2) is 0 Å². The third kappa shape index (κ3) is 1.98. The van der Waals surface area contributed by atoms with Crippen LogP contribution < -0.4 is 11.1 Å². The molecular formula is C13H13N5. The number of rotatable bonds is 2. The standard InChI is InChI=1S/C13H13N5/c1-18-8-11(7-15-18)16-13-5-2-9-6-10(14)3-4-12(9)17-13/h2-8H,14H2,1H3,(H,16,17). The van der Waals surface area contributed by atoms with E-state index in [0.717, 1.165) is 28.1 Å². The molecular weight excluding hydrogens is 226 g/mol. The number of hydrogen-bond donors (Lipinski definition) is 2. The summed E-state index contributed by atoms with van der Waals surface area (Å²) in [5.74, 6) is 0.792. The van der Waals surface area contributed by atoms with Crippen LogP contribution in [0.2, 0.25) is 0 Å². The molecule has 3 rings (SSSR count). The van der Waals surface area contributed by atoms with Gasteiger partial charge >= 0.3 is 0 Å².